The molecule has 0 heterocycles. The molecule has 0 saturated carbocycles. The molecular weight excluding hydrogens is 853 g/mol. The first kappa shape index (κ1) is 61.1. The minimum absolute atomic E-state index is 0.0314. The molecule has 0 spiro atoms. The Morgan fingerprint density at radius 1 is 0.439 bits per heavy atom. The molecule has 0 aromatic rings. The number of amides is 8. The van der Waals surface area contributed by atoms with Crippen molar-refractivity contribution in [2.24, 2.45) is 47.0 Å². The lowest BCUT2D eigenvalue weighted by atomic mass is 9.96. The third kappa shape index (κ3) is 23.6. The maximum atomic E-state index is 14.1. The number of unbranched alkanes of at least 4 members (excludes halogenated alkanes) is 1. The second kappa shape index (κ2) is 31.2. The molecule has 0 fully saturated rings. The number of carboxylic acids is 1. The van der Waals surface area contributed by atoms with Crippen LogP contribution in [0.2, 0.25) is 0 Å². The van der Waals surface area contributed by atoms with Crippen LogP contribution in [0.1, 0.15) is 141 Å². The van der Waals surface area contributed by atoms with Gasteiger partial charge in [0.15, 0.2) is 0 Å². The van der Waals surface area contributed by atoms with Crippen LogP contribution in [-0.2, 0) is 43.2 Å². The largest absolute Gasteiger partial charge is 0.480 e. The van der Waals surface area contributed by atoms with Crippen molar-refractivity contribution in [3.05, 3.63) is 0 Å². The van der Waals surface area contributed by atoms with Gasteiger partial charge in [-0.3, -0.25) is 38.4 Å². The zero-order valence-electron chi connectivity index (χ0n) is 41.9. The molecule has 0 aromatic carbocycles. The Labute approximate surface area is 392 Å². The van der Waals surface area contributed by atoms with Crippen molar-refractivity contribution in [3.63, 3.8) is 0 Å². The molecule has 0 radical (unpaired) electrons. The van der Waals surface area contributed by atoms with Crippen LogP contribution in [0.4, 0.5) is 0 Å². The van der Waals surface area contributed by atoms with E-state index in [1.165, 1.54) is 6.92 Å². The zero-order chi connectivity index (χ0) is 51.0. The normalized spacial score (nSPS) is 15.6. The summed E-state index contributed by atoms with van der Waals surface area (Å²) in [4.78, 5) is 120. The number of hydrogen-bond donors (Lipinski definition) is 11. The van der Waals surface area contributed by atoms with Crippen LogP contribution in [0.5, 0.6) is 0 Å². The van der Waals surface area contributed by atoms with Crippen molar-refractivity contribution in [1.82, 2.24) is 42.5 Å². The lowest BCUT2D eigenvalue weighted by molar-refractivity contribution is -0.143. The van der Waals surface area contributed by atoms with Crippen LogP contribution in [0.25, 0.3) is 0 Å². The molecule has 66 heavy (non-hydrogen) atoms. The summed E-state index contributed by atoms with van der Waals surface area (Å²) < 4.78 is 0. The molecule has 8 amide bonds. The summed E-state index contributed by atoms with van der Waals surface area (Å²) in [5.74, 6) is -7.49. The Morgan fingerprint density at radius 2 is 0.803 bits per heavy atom. The van der Waals surface area contributed by atoms with Gasteiger partial charge in [-0.2, -0.15) is 0 Å². The molecule has 0 aromatic heterocycles. The summed E-state index contributed by atoms with van der Waals surface area (Å²) in [6.07, 6.45) is 2.44. The molecule has 0 aliphatic heterocycles. The number of carbonyl (C=O) groups excluding carboxylic acids is 8. The zero-order valence-corrected chi connectivity index (χ0v) is 41.9. The fraction of sp³-hybridized carbons (Fsp3) is 0.804. The quantitative estimate of drug-likeness (QED) is 0.0420. The first-order valence-corrected chi connectivity index (χ1v) is 23.7. The van der Waals surface area contributed by atoms with E-state index in [4.69, 9.17) is 11.5 Å². The van der Waals surface area contributed by atoms with Crippen LogP contribution in [-0.4, -0.2) is 120 Å². The standard InChI is InChI=1S/C46H86N10O10/c1-14-29(12)38(56-39(58)30(13)49-41(60)32(19-24(2)3)50-36(57)23-48)45(64)54-35(22-27(8)9)44(63)53-34(21-26(6)7)43(62)52-33(20-25(4)5)42(61)51-31(17-15-16-18-47)40(59)55-37(28(10)11)46(65)66/h24-35,37-38H,14-23,47-48H2,1-13H3,(H,49,60)(H,50,57)(H,51,61)(H,52,62)(H,53,63)(H,54,64)(H,55,59)(H,56,58)(H,65,66)/t29-,30-,31-,32-,33-,34-,35-,37-,38-/m0/s1. The molecule has 13 N–H and O–H groups in total. The molecule has 0 unspecified atom stereocenters. The lowest BCUT2D eigenvalue weighted by Gasteiger charge is -2.30. The van der Waals surface area contributed by atoms with E-state index in [0.29, 0.717) is 32.2 Å². The predicted octanol–water partition coefficient (Wildman–Crippen LogP) is 0.943. The Bertz CT molecular complexity index is 1590. The SMILES string of the molecule is CC[C@H](C)[C@H](NC(=O)[C@H](C)NC(=O)[C@H](CC(C)C)NC(=O)CN)C(=O)N[C@@H](CC(C)C)C(=O)N[C@@H](CC(C)C)C(=O)N[C@@H](CC(C)C)C(=O)N[C@@H](CCCCN)C(=O)N[C@H](C(=O)O)C(C)C. The maximum absolute atomic E-state index is 14.1. The van der Waals surface area contributed by atoms with Crippen molar-refractivity contribution >= 4 is 53.2 Å². The van der Waals surface area contributed by atoms with Gasteiger partial charge in [-0.1, -0.05) is 89.5 Å². The van der Waals surface area contributed by atoms with Crippen LogP contribution < -0.4 is 54.0 Å². The highest BCUT2D eigenvalue weighted by molar-refractivity contribution is 5.98. The van der Waals surface area contributed by atoms with E-state index in [2.05, 4.69) is 42.5 Å². The Hall–Kier alpha value is -4.85. The Balaban J connectivity index is 6.46. The van der Waals surface area contributed by atoms with Crippen molar-refractivity contribution in [2.75, 3.05) is 13.1 Å². The van der Waals surface area contributed by atoms with E-state index in [1.807, 2.05) is 62.3 Å². The number of aliphatic carboxylic acids is 1. The second-order valence-corrected chi connectivity index (χ2v) is 19.5. The van der Waals surface area contributed by atoms with Gasteiger partial charge in [-0.15, -0.1) is 0 Å². The van der Waals surface area contributed by atoms with E-state index < -0.39 is 113 Å². The van der Waals surface area contributed by atoms with Crippen molar-refractivity contribution in [2.45, 2.75) is 190 Å². The van der Waals surface area contributed by atoms with Gasteiger partial charge in [-0.25, -0.2) is 4.79 Å². The molecule has 20 nitrogen and oxygen atoms in total. The highest BCUT2D eigenvalue weighted by Crippen LogP contribution is 2.15. The molecular formula is C46H86N10O10. The second-order valence-electron chi connectivity index (χ2n) is 19.5. The monoisotopic (exact) mass is 939 g/mol. The topological polar surface area (TPSA) is 322 Å². The van der Waals surface area contributed by atoms with E-state index in [1.54, 1.807) is 20.8 Å². The van der Waals surface area contributed by atoms with Gasteiger partial charge >= 0.3 is 5.97 Å². The molecule has 0 bridgehead atoms. The third-order valence-electron chi connectivity index (χ3n) is 10.9. The van der Waals surface area contributed by atoms with E-state index in [-0.39, 0.29) is 55.9 Å². The fourth-order valence-electron chi connectivity index (χ4n) is 7.03. The highest BCUT2D eigenvalue weighted by atomic mass is 16.4. The molecule has 20 heteroatoms. The molecule has 380 valence electrons. The molecule has 0 saturated heterocycles. The van der Waals surface area contributed by atoms with Gasteiger partial charge in [0.05, 0.1) is 6.54 Å². The minimum atomic E-state index is -1.22. The third-order valence-corrected chi connectivity index (χ3v) is 10.9. The van der Waals surface area contributed by atoms with Crippen LogP contribution >= 0.6 is 0 Å². The number of hydrogen-bond acceptors (Lipinski definition) is 11. The lowest BCUT2D eigenvalue weighted by Crippen LogP contribution is -2.61. The maximum Gasteiger partial charge on any atom is 0.326 e. The number of nitrogens with two attached hydrogens (primary N) is 2. The van der Waals surface area contributed by atoms with Gasteiger partial charge in [0.1, 0.15) is 48.3 Å². The predicted molar refractivity (Wildman–Crippen MR) is 253 cm³/mol. The van der Waals surface area contributed by atoms with Crippen molar-refractivity contribution in [3.8, 4) is 0 Å². The van der Waals surface area contributed by atoms with Crippen molar-refractivity contribution < 1.29 is 48.3 Å². The summed E-state index contributed by atoms with van der Waals surface area (Å²) >= 11 is 0. The summed E-state index contributed by atoms with van der Waals surface area (Å²) in [5, 5.41) is 31.2. The minimum Gasteiger partial charge on any atom is -0.480 e. The van der Waals surface area contributed by atoms with E-state index >= 15 is 0 Å². The number of carbonyl (C=O) groups is 9. The number of carboxylic acid groups (broad SMARTS) is 1. The Morgan fingerprint density at radius 3 is 1.17 bits per heavy atom. The summed E-state index contributed by atoms with van der Waals surface area (Å²) in [7, 11) is 0. The summed E-state index contributed by atoms with van der Waals surface area (Å²) in [6, 6.07) is -8.93. The van der Waals surface area contributed by atoms with Crippen LogP contribution in [0.3, 0.4) is 0 Å². The summed E-state index contributed by atoms with van der Waals surface area (Å²) in [6.45, 7) is 23.2. The van der Waals surface area contributed by atoms with E-state index in [0.717, 1.165) is 0 Å². The molecule has 0 aliphatic rings. The van der Waals surface area contributed by atoms with Gasteiger partial charge in [0.25, 0.3) is 0 Å². The average Bonchev–Trinajstić information content (AvgIpc) is 3.21. The van der Waals surface area contributed by atoms with Gasteiger partial charge in [-0.05, 0) is 93.9 Å². The Kier molecular flexibility index (Phi) is 28.9. The van der Waals surface area contributed by atoms with E-state index in [9.17, 15) is 48.3 Å². The molecule has 0 aliphatic carbocycles. The number of rotatable bonds is 32. The smallest absolute Gasteiger partial charge is 0.326 e. The van der Waals surface area contributed by atoms with Crippen LogP contribution in [0, 0.1) is 35.5 Å². The number of nitrogens with one attached hydrogen (secondary N) is 8. The van der Waals surface area contributed by atoms with Crippen LogP contribution in [0.15, 0.2) is 0 Å². The molecule has 9 atom stereocenters. The van der Waals surface area contributed by atoms with Gasteiger partial charge < -0.3 is 59.1 Å². The average molecular weight is 939 g/mol. The fourth-order valence-corrected chi connectivity index (χ4v) is 7.03. The first-order valence-electron chi connectivity index (χ1n) is 23.7. The van der Waals surface area contributed by atoms with Crippen molar-refractivity contribution in [1.29, 1.82) is 0 Å². The molecule has 0 rings (SSSR count). The van der Waals surface area contributed by atoms with Gasteiger partial charge in [0.2, 0.25) is 47.3 Å². The first-order chi connectivity index (χ1) is 30.7. The summed E-state index contributed by atoms with van der Waals surface area (Å²) in [5.41, 5.74) is 11.1. The van der Waals surface area contributed by atoms with Gasteiger partial charge in [0, 0.05) is 0 Å². The highest BCUT2D eigenvalue weighted by Gasteiger charge is 2.36.